The van der Waals surface area contributed by atoms with Gasteiger partial charge in [0.2, 0.25) is 0 Å². The molecule has 1 aromatic heterocycles. The van der Waals surface area contributed by atoms with Gasteiger partial charge < -0.3 is 10.6 Å². The molecule has 0 spiro atoms. The van der Waals surface area contributed by atoms with E-state index in [1.54, 1.807) is 24.3 Å². The van der Waals surface area contributed by atoms with Crippen LogP contribution < -0.4 is 10.6 Å². The SMILES string of the molecule is CC(C)CCNc1ccc(NC(=O)c2ccc(Cl)c(Cl)c2)nn1. The molecule has 0 bridgehead atoms. The molecule has 0 saturated heterocycles. The molecule has 0 fully saturated rings. The Hall–Kier alpha value is -1.85. The summed E-state index contributed by atoms with van der Waals surface area (Å²) in [7, 11) is 0. The van der Waals surface area contributed by atoms with Crippen LogP contribution in [0.1, 0.15) is 30.6 Å². The van der Waals surface area contributed by atoms with Crippen molar-refractivity contribution in [2.24, 2.45) is 5.92 Å². The first kappa shape index (κ1) is 17.5. The van der Waals surface area contributed by atoms with Gasteiger partial charge in [0.05, 0.1) is 10.0 Å². The van der Waals surface area contributed by atoms with Gasteiger partial charge in [-0.25, -0.2) is 0 Å². The van der Waals surface area contributed by atoms with Crippen LogP contribution in [-0.2, 0) is 0 Å². The van der Waals surface area contributed by atoms with Crippen molar-refractivity contribution in [1.82, 2.24) is 10.2 Å². The lowest BCUT2D eigenvalue weighted by Gasteiger charge is -2.08. The third kappa shape index (κ3) is 5.37. The van der Waals surface area contributed by atoms with E-state index >= 15 is 0 Å². The summed E-state index contributed by atoms with van der Waals surface area (Å²) in [5.41, 5.74) is 0.403. The van der Waals surface area contributed by atoms with E-state index < -0.39 is 0 Å². The number of carbonyl (C=O) groups is 1. The molecular weight excluding hydrogens is 335 g/mol. The number of nitrogens with one attached hydrogen (secondary N) is 2. The summed E-state index contributed by atoms with van der Waals surface area (Å²) < 4.78 is 0. The van der Waals surface area contributed by atoms with Crippen molar-refractivity contribution in [3.63, 3.8) is 0 Å². The summed E-state index contributed by atoms with van der Waals surface area (Å²) in [4.78, 5) is 12.1. The lowest BCUT2D eigenvalue weighted by molar-refractivity contribution is 0.102. The second kappa shape index (κ2) is 8.13. The molecule has 0 unspecified atom stereocenters. The van der Waals surface area contributed by atoms with E-state index in [1.807, 2.05) is 0 Å². The van der Waals surface area contributed by atoms with E-state index in [9.17, 15) is 4.79 Å². The molecule has 5 nitrogen and oxygen atoms in total. The van der Waals surface area contributed by atoms with Gasteiger partial charge >= 0.3 is 0 Å². The molecule has 0 saturated carbocycles. The highest BCUT2D eigenvalue weighted by Gasteiger charge is 2.09. The second-order valence-electron chi connectivity index (χ2n) is 5.50. The fourth-order valence-corrected chi connectivity index (χ4v) is 2.11. The summed E-state index contributed by atoms with van der Waals surface area (Å²) in [5, 5.41) is 14.6. The number of benzene rings is 1. The van der Waals surface area contributed by atoms with Crippen molar-refractivity contribution in [2.45, 2.75) is 20.3 Å². The molecule has 1 aromatic carbocycles. The Kier molecular flexibility index (Phi) is 6.19. The molecule has 0 aliphatic carbocycles. The van der Waals surface area contributed by atoms with Crippen LogP contribution in [0.4, 0.5) is 11.6 Å². The summed E-state index contributed by atoms with van der Waals surface area (Å²) >= 11 is 11.7. The number of nitrogens with zero attached hydrogens (tertiary/aromatic N) is 2. The van der Waals surface area contributed by atoms with E-state index in [-0.39, 0.29) is 5.91 Å². The molecule has 0 atom stereocenters. The summed E-state index contributed by atoms with van der Waals surface area (Å²) in [6, 6.07) is 8.15. The quantitative estimate of drug-likeness (QED) is 0.803. The first-order valence-corrected chi connectivity index (χ1v) is 8.05. The highest BCUT2D eigenvalue weighted by atomic mass is 35.5. The molecule has 0 aliphatic rings. The number of hydrogen-bond acceptors (Lipinski definition) is 4. The van der Waals surface area contributed by atoms with Gasteiger partial charge in [-0.1, -0.05) is 37.0 Å². The van der Waals surface area contributed by atoms with Crippen LogP contribution in [0.3, 0.4) is 0 Å². The van der Waals surface area contributed by atoms with Gasteiger partial charge in [-0.3, -0.25) is 4.79 Å². The molecule has 0 aliphatic heterocycles. The largest absolute Gasteiger partial charge is 0.369 e. The fraction of sp³-hybridized carbons (Fsp3) is 0.312. The molecule has 2 N–H and O–H groups in total. The maximum atomic E-state index is 12.1. The molecule has 7 heteroatoms. The topological polar surface area (TPSA) is 66.9 Å². The maximum absolute atomic E-state index is 12.1. The maximum Gasteiger partial charge on any atom is 0.256 e. The van der Waals surface area contributed by atoms with Gasteiger partial charge in [-0.2, -0.15) is 0 Å². The highest BCUT2D eigenvalue weighted by Crippen LogP contribution is 2.23. The zero-order valence-corrected chi connectivity index (χ0v) is 14.4. The predicted octanol–water partition coefficient (Wildman–Crippen LogP) is 4.49. The number of halogens is 2. The number of hydrogen-bond donors (Lipinski definition) is 2. The molecular formula is C16H18Cl2N4O. The minimum absolute atomic E-state index is 0.321. The van der Waals surface area contributed by atoms with Gasteiger partial charge in [0.15, 0.2) is 5.82 Å². The van der Waals surface area contributed by atoms with Crippen LogP contribution in [0.15, 0.2) is 30.3 Å². The molecule has 1 heterocycles. The summed E-state index contributed by atoms with van der Waals surface area (Å²) in [5.74, 6) is 1.35. The van der Waals surface area contributed by atoms with Crippen molar-refractivity contribution < 1.29 is 4.79 Å². The minimum Gasteiger partial charge on any atom is -0.369 e. The summed E-state index contributed by atoms with van der Waals surface area (Å²) in [6.07, 6.45) is 1.05. The van der Waals surface area contributed by atoms with Crippen molar-refractivity contribution >= 4 is 40.7 Å². The van der Waals surface area contributed by atoms with E-state index in [2.05, 4.69) is 34.7 Å². The van der Waals surface area contributed by atoms with Crippen LogP contribution in [0, 0.1) is 5.92 Å². The van der Waals surface area contributed by atoms with E-state index in [4.69, 9.17) is 23.2 Å². The molecule has 23 heavy (non-hydrogen) atoms. The monoisotopic (exact) mass is 352 g/mol. The Morgan fingerprint density at radius 1 is 1.09 bits per heavy atom. The fourth-order valence-electron chi connectivity index (χ4n) is 1.81. The first-order chi connectivity index (χ1) is 11.0. The van der Waals surface area contributed by atoms with Crippen molar-refractivity contribution in [1.29, 1.82) is 0 Å². The normalized spacial score (nSPS) is 10.7. The van der Waals surface area contributed by atoms with Crippen LogP contribution in [-0.4, -0.2) is 22.6 Å². The van der Waals surface area contributed by atoms with Crippen LogP contribution in [0.2, 0.25) is 10.0 Å². The first-order valence-electron chi connectivity index (χ1n) is 7.29. The third-order valence-electron chi connectivity index (χ3n) is 3.12. The van der Waals surface area contributed by atoms with E-state index in [1.165, 1.54) is 6.07 Å². The van der Waals surface area contributed by atoms with Gasteiger partial charge in [-0.15, -0.1) is 10.2 Å². The number of aromatic nitrogens is 2. The van der Waals surface area contributed by atoms with Gasteiger partial charge in [0.25, 0.3) is 5.91 Å². The van der Waals surface area contributed by atoms with E-state index in [0.29, 0.717) is 33.2 Å². The van der Waals surface area contributed by atoms with Gasteiger partial charge in [0.1, 0.15) is 5.82 Å². The standard InChI is InChI=1S/C16H18Cl2N4O/c1-10(2)7-8-19-14-5-6-15(22-21-14)20-16(23)11-3-4-12(17)13(18)9-11/h3-6,9-10H,7-8H2,1-2H3,(H,19,21)(H,20,22,23). The molecule has 1 amide bonds. The highest BCUT2D eigenvalue weighted by molar-refractivity contribution is 6.42. The lowest BCUT2D eigenvalue weighted by atomic mass is 10.1. The minimum atomic E-state index is -0.321. The Morgan fingerprint density at radius 2 is 1.78 bits per heavy atom. The van der Waals surface area contributed by atoms with Crippen LogP contribution in [0.5, 0.6) is 0 Å². The van der Waals surface area contributed by atoms with Gasteiger partial charge in [0, 0.05) is 12.1 Å². The Bertz CT molecular complexity index is 674. The molecule has 0 radical (unpaired) electrons. The van der Waals surface area contributed by atoms with Crippen molar-refractivity contribution in [3.8, 4) is 0 Å². The molecule has 2 aromatic rings. The van der Waals surface area contributed by atoms with E-state index in [0.717, 1.165) is 13.0 Å². The number of amides is 1. The average Bonchev–Trinajstić information content (AvgIpc) is 2.51. The predicted molar refractivity (Wildman–Crippen MR) is 94.4 cm³/mol. The van der Waals surface area contributed by atoms with Gasteiger partial charge in [-0.05, 0) is 42.7 Å². The number of carbonyl (C=O) groups excluding carboxylic acids is 1. The van der Waals surface area contributed by atoms with Crippen molar-refractivity contribution in [3.05, 3.63) is 45.9 Å². The summed E-state index contributed by atoms with van der Waals surface area (Å²) in [6.45, 7) is 5.16. The number of rotatable bonds is 6. The zero-order valence-electron chi connectivity index (χ0n) is 12.9. The Morgan fingerprint density at radius 3 is 2.39 bits per heavy atom. The smallest absolute Gasteiger partial charge is 0.256 e. The average molecular weight is 353 g/mol. The second-order valence-corrected chi connectivity index (χ2v) is 6.31. The van der Waals surface area contributed by atoms with Crippen LogP contribution >= 0.6 is 23.2 Å². The number of anilines is 2. The third-order valence-corrected chi connectivity index (χ3v) is 3.85. The molecule has 2 rings (SSSR count). The van der Waals surface area contributed by atoms with Crippen LogP contribution in [0.25, 0.3) is 0 Å². The zero-order chi connectivity index (χ0) is 16.8. The molecule has 122 valence electrons. The Balaban J connectivity index is 1.94. The lowest BCUT2D eigenvalue weighted by Crippen LogP contribution is -2.14. The van der Waals surface area contributed by atoms with Crippen molar-refractivity contribution in [2.75, 3.05) is 17.2 Å². The Labute approximate surface area is 145 Å².